The van der Waals surface area contributed by atoms with E-state index in [0.29, 0.717) is 52.3 Å². The van der Waals surface area contributed by atoms with Crippen LogP contribution in [0.25, 0.3) is 4.85 Å². The molecule has 0 aliphatic heterocycles. The Balaban J connectivity index is 3.78. The first-order valence-corrected chi connectivity index (χ1v) is 6.49. The van der Waals surface area contributed by atoms with E-state index in [1.54, 1.807) is 19.3 Å². The Labute approximate surface area is 116 Å². The number of rotatable bonds is 13. The smallest absolute Gasteiger partial charge is 0.241 e. The first-order valence-electron chi connectivity index (χ1n) is 6.49. The fourth-order valence-electron chi connectivity index (χ4n) is 1.70. The summed E-state index contributed by atoms with van der Waals surface area (Å²) in [6.07, 6.45) is 5.59. The van der Waals surface area contributed by atoms with E-state index in [-0.39, 0.29) is 0 Å². The number of hydrogen-bond donors (Lipinski definition) is 0. The summed E-state index contributed by atoms with van der Waals surface area (Å²) in [5, 5.41) is 0. The quantitative estimate of drug-likeness (QED) is 0.292. The molecular weight excluding hydrogens is 242 g/mol. The van der Waals surface area contributed by atoms with Gasteiger partial charge in [-0.2, -0.15) is 0 Å². The maximum Gasteiger partial charge on any atom is 0.241 e. The van der Waals surface area contributed by atoms with Gasteiger partial charge in [0.2, 0.25) is 5.54 Å². The van der Waals surface area contributed by atoms with Gasteiger partial charge in [0.15, 0.2) is 0 Å². The van der Waals surface area contributed by atoms with Crippen LogP contribution in [0.3, 0.4) is 0 Å². The zero-order valence-corrected chi connectivity index (χ0v) is 11.9. The third-order valence-corrected chi connectivity index (χ3v) is 2.80. The molecule has 0 saturated carbocycles. The van der Waals surface area contributed by atoms with Crippen molar-refractivity contribution in [2.75, 3.05) is 40.1 Å². The Kier molecular flexibility index (Phi) is 11.2. The average molecular weight is 267 g/mol. The molecule has 108 valence electrons. The van der Waals surface area contributed by atoms with E-state index in [1.165, 1.54) is 0 Å². The highest BCUT2D eigenvalue weighted by molar-refractivity contribution is 5.05. The van der Waals surface area contributed by atoms with E-state index in [9.17, 15) is 0 Å². The van der Waals surface area contributed by atoms with Crippen molar-refractivity contribution in [3.05, 3.63) is 36.7 Å². The van der Waals surface area contributed by atoms with Crippen molar-refractivity contribution in [1.29, 1.82) is 0 Å². The second-order valence-electron chi connectivity index (χ2n) is 4.29. The fraction of sp³-hybridized carbons (Fsp3) is 0.667. The van der Waals surface area contributed by atoms with Crippen LogP contribution in [-0.4, -0.2) is 45.7 Å². The van der Waals surface area contributed by atoms with Crippen molar-refractivity contribution in [2.24, 2.45) is 0 Å². The molecule has 0 bridgehead atoms. The Hall–Kier alpha value is -1.15. The normalized spacial score (nSPS) is 10.9. The van der Waals surface area contributed by atoms with Gasteiger partial charge in [-0.3, -0.25) is 0 Å². The first-order chi connectivity index (χ1) is 9.24. The molecule has 0 radical (unpaired) electrons. The van der Waals surface area contributed by atoms with Gasteiger partial charge in [0.1, 0.15) is 0 Å². The summed E-state index contributed by atoms with van der Waals surface area (Å²) >= 11 is 0. The molecule has 0 aliphatic carbocycles. The minimum absolute atomic E-state index is 0.444. The van der Waals surface area contributed by atoms with Gasteiger partial charge in [-0.1, -0.05) is 12.2 Å². The molecule has 0 aromatic carbocycles. The molecule has 19 heavy (non-hydrogen) atoms. The van der Waals surface area contributed by atoms with Gasteiger partial charge in [-0.15, -0.1) is 13.2 Å². The topological polar surface area (TPSA) is 32.0 Å². The van der Waals surface area contributed by atoms with Crippen molar-refractivity contribution in [2.45, 2.75) is 24.8 Å². The highest BCUT2D eigenvalue weighted by Crippen LogP contribution is 2.26. The lowest BCUT2D eigenvalue weighted by molar-refractivity contribution is 0.0219. The molecule has 0 aromatic rings. The zero-order chi connectivity index (χ0) is 14.4. The van der Waals surface area contributed by atoms with Crippen LogP contribution in [0, 0.1) is 6.57 Å². The second kappa shape index (κ2) is 11.9. The third-order valence-electron chi connectivity index (χ3n) is 2.80. The van der Waals surface area contributed by atoms with Crippen LogP contribution < -0.4 is 0 Å². The highest BCUT2D eigenvalue weighted by Gasteiger charge is 2.33. The van der Waals surface area contributed by atoms with E-state index in [4.69, 9.17) is 20.8 Å². The Morgan fingerprint density at radius 1 is 1.00 bits per heavy atom. The predicted molar refractivity (Wildman–Crippen MR) is 77.1 cm³/mol. The van der Waals surface area contributed by atoms with Crippen LogP contribution >= 0.6 is 0 Å². The van der Waals surface area contributed by atoms with Crippen LogP contribution in [0.2, 0.25) is 0 Å². The molecule has 0 heterocycles. The molecule has 0 rings (SSSR count). The number of methoxy groups -OCH3 is 1. The first kappa shape index (κ1) is 17.8. The molecule has 0 atom stereocenters. The van der Waals surface area contributed by atoms with E-state index in [0.717, 1.165) is 0 Å². The second-order valence-corrected chi connectivity index (χ2v) is 4.29. The molecular formula is C15H25NO3. The molecule has 0 fully saturated rings. The Bertz CT molecular complexity index is 274. The van der Waals surface area contributed by atoms with E-state index in [1.807, 2.05) is 0 Å². The van der Waals surface area contributed by atoms with E-state index in [2.05, 4.69) is 18.0 Å². The summed E-state index contributed by atoms with van der Waals surface area (Å²) in [5.41, 5.74) is -0.444. The molecule has 4 heteroatoms. The number of hydrogen-bond acceptors (Lipinski definition) is 3. The monoisotopic (exact) mass is 267 g/mol. The molecule has 4 nitrogen and oxygen atoms in total. The van der Waals surface area contributed by atoms with Crippen LogP contribution in [-0.2, 0) is 14.2 Å². The van der Waals surface area contributed by atoms with E-state index < -0.39 is 5.54 Å². The minimum Gasteiger partial charge on any atom is -0.382 e. The number of nitrogens with zero attached hydrogens (tertiary/aromatic N) is 1. The minimum atomic E-state index is -0.444. The van der Waals surface area contributed by atoms with Crippen molar-refractivity contribution < 1.29 is 14.2 Å². The summed E-state index contributed by atoms with van der Waals surface area (Å²) in [5.74, 6) is 0. The summed E-state index contributed by atoms with van der Waals surface area (Å²) in [6.45, 7) is 17.6. The maximum absolute atomic E-state index is 7.34. The molecule has 0 aliphatic rings. The molecule has 0 saturated heterocycles. The highest BCUT2D eigenvalue weighted by atomic mass is 16.5. The van der Waals surface area contributed by atoms with Crippen molar-refractivity contribution in [3.8, 4) is 0 Å². The van der Waals surface area contributed by atoms with Crippen LogP contribution in [0.15, 0.2) is 25.3 Å². The predicted octanol–water partition coefficient (Wildman–Crippen LogP) is 2.87. The Morgan fingerprint density at radius 3 is 2.00 bits per heavy atom. The van der Waals surface area contributed by atoms with Crippen LogP contribution in [0.5, 0.6) is 0 Å². The standard InChI is InChI=1S/C15H25NO3/c1-5-7-15(16-3,8-6-2)9-10-18-13-14-19-12-11-17-4/h5-6H,1-2,7-14H2,4H3. The van der Waals surface area contributed by atoms with Crippen LogP contribution in [0.1, 0.15) is 19.3 Å². The summed E-state index contributed by atoms with van der Waals surface area (Å²) < 4.78 is 15.6. The lowest BCUT2D eigenvalue weighted by atomic mass is 9.89. The lowest BCUT2D eigenvalue weighted by Gasteiger charge is -2.19. The molecule has 0 amide bonds. The largest absolute Gasteiger partial charge is 0.382 e. The fourth-order valence-corrected chi connectivity index (χ4v) is 1.70. The van der Waals surface area contributed by atoms with E-state index >= 15 is 0 Å². The van der Waals surface area contributed by atoms with Gasteiger partial charge in [0, 0.05) is 26.4 Å². The van der Waals surface area contributed by atoms with Gasteiger partial charge in [0.25, 0.3) is 0 Å². The molecule has 0 unspecified atom stereocenters. The maximum atomic E-state index is 7.34. The van der Waals surface area contributed by atoms with Gasteiger partial charge < -0.3 is 19.1 Å². The lowest BCUT2D eigenvalue weighted by Crippen LogP contribution is -2.25. The zero-order valence-electron chi connectivity index (χ0n) is 11.9. The van der Waals surface area contributed by atoms with Crippen molar-refractivity contribution in [1.82, 2.24) is 0 Å². The third kappa shape index (κ3) is 8.55. The van der Waals surface area contributed by atoms with Gasteiger partial charge in [-0.25, -0.2) is 6.57 Å². The molecule has 0 N–H and O–H groups in total. The van der Waals surface area contributed by atoms with Gasteiger partial charge >= 0.3 is 0 Å². The summed E-state index contributed by atoms with van der Waals surface area (Å²) in [4.78, 5) is 3.74. The SMILES string of the molecule is [C-]#[N+]C(CC=C)(CC=C)CCOCCOCCOC. The molecule has 0 aromatic heterocycles. The van der Waals surface area contributed by atoms with Crippen molar-refractivity contribution in [3.63, 3.8) is 0 Å². The Morgan fingerprint density at radius 2 is 1.53 bits per heavy atom. The number of ether oxygens (including phenoxy) is 3. The van der Waals surface area contributed by atoms with Crippen LogP contribution in [0.4, 0.5) is 0 Å². The summed E-state index contributed by atoms with van der Waals surface area (Å²) in [7, 11) is 1.64. The van der Waals surface area contributed by atoms with Gasteiger partial charge in [-0.05, 0) is 0 Å². The average Bonchev–Trinajstić information content (AvgIpc) is 2.42. The summed E-state index contributed by atoms with van der Waals surface area (Å²) in [6, 6.07) is 0. The van der Waals surface area contributed by atoms with Gasteiger partial charge in [0.05, 0.1) is 33.0 Å². The van der Waals surface area contributed by atoms with Crippen molar-refractivity contribution >= 4 is 0 Å². The molecule has 0 spiro atoms.